The van der Waals surface area contributed by atoms with E-state index in [4.69, 9.17) is 4.98 Å². The van der Waals surface area contributed by atoms with E-state index in [1.807, 2.05) is 0 Å². The lowest BCUT2D eigenvalue weighted by Crippen LogP contribution is -2.26. The lowest BCUT2D eigenvalue weighted by atomic mass is 10.0. The van der Waals surface area contributed by atoms with Gasteiger partial charge < -0.3 is 5.32 Å². The fourth-order valence-electron chi connectivity index (χ4n) is 4.26. The number of amides is 1. The van der Waals surface area contributed by atoms with Gasteiger partial charge in [0.15, 0.2) is 15.0 Å². The topological polar surface area (TPSA) is 79.4 Å². The van der Waals surface area contributed by atoms with Crippen molar-refractivity contribution >= 4 is 48.1 Å². The Morgan fingerprint density at radius 1 is 1.15 bits per heavy atom. The number of carbonyl (C=O) groups excluding carboxylic acids is 1. The van der Waals surface area contributed by atoms with Crippen molar-refractivity contribution in [2.45, 2.75) is 51.2 Å². The van der Waals surface area contributed by atoms with Gasteiger partial charge >= 0.3 is 0 Å². The molecule has 1 N–H and O–H groups in total. The molecule has 180 valence electrons. The van der Waals surface area contributed by atoms with E-state index in [-0.39, 0.29) is 29.0 Å². The first-order valence-corrected chi connectivity index (χ1v) is 14.5. The summed E-state index contributed by atoms with van der Waals surface area (Å²) in [5.74, 6) is 0.283. The zero-order valence-corrected chi connectivity index (χ0v) is 22.6. The number of rotatable bonds is 8. The minimum Gasteiger partial charge on any atom is -0.302 e. The van der Waals surface area contributed by atoms with Crippen LogP contribution in [0.3, 0.4) is 0 Å². The highest BCUT2D eigenvalue weighted by atomic mass is 79.9. The Hall–Kier alpha value is -2.07. The van der Waals surface area contributed by atoms with E-state index in [1.54, 1.807) is 31.2 Å². The lowest BCUT2D eigenvalue weighted by Gasteiger charge is -2.27. The van der Waals surface area contributed by atoms with E-state index >= 15 is 0 Å². The van der Waals surface area contributed by atoms with Crippen LogP contribution in [0.4, 0.5) is 5.13 Å². The molecule has 6 nitrogen and oxygen atoms in total. The number of carbonyl (C=O) groups is 1. The Morgan fingerprint density at radius 3 is 2.41 bits per heavy atom. The summed E-state index contributed by atoms with van der Waals surface area (Å²) in [4.78, 5) is 21.3. The van der Waals surface area contributed by atoms with E-state index in [0.717, 1.165) is 28.8 Å². The molecule has 2 aromatic carbocycles. The number of sulfone groups is 1. The molecule has 0 fully saturated rings. The fourth-order valence-corrected chi connectivity index (χ4v) is 6.46. The number of benzene rings is 2. The molecule has 1 amide bonds. The standard InChI is InChI=1S/C25H28BrN3O3S2/c1-4-34(31,32)20-11-7-17(8-12-20)13-22(30)27-25-28-23-21(33-25)15-29(24(23)16(2)3)14-18-5-9-19(26)10-6-18/h5-12,16,24H,4,13-15H2,1-3H3,(H,27,28,30). The SMILES string of the molecule is CCS(=O)(=O)c1ccc(CC(=O)Nc2nc3c(s2)CN(Cc2ccc(Br)cc2)C3C(C)C)cc1. The molecule has 0 spiro atoms. The van der Waals surface area contributed by atoms with Crippen molar-refractivity contribution in [1.82, 2.24) is 9.88 Å². The van der Waals surface area contributed by atoms with Crippen LogP contribution < -0.4 is 5.32 Å². The van der Waals surface area contributed by atoms with Crippen LogP contribution >= 0.6 is 27.3 Å². The number of nitrogens with zero attached hydrogens (tertiary/aromatic N) is 2. The maximum absolute atomic E-state index is 12.6. The summed E-state index contributed by atoms with van der Waals surface area (Å²) < 4.78 is 25.0. The van der Waals surface area contributed by atoms with Gasteiger partial charge in [0.05, 0.1) is 28.8 Å². The summed E-state index contributed by atoms with van der Waals surface area (Å²) >= 11 is 5.03. The molecular weight excluding hydrogens is 534 g/mol. The van der Waals surface area contributed by atoms with Gasteiger partial charge in [-0.25, -0.2) is 13.4 Å². The lowest BCUT2D eigenvalue weighted by molar-refractivity contribution is -0.115. The van der Waals surface area contributed by atoms with Crippen LogP contribution in [0.15, 0.2) is 57.9 Å². The quantitative estimate of drug-likeness (QED) is 0.387. The van der Waals surface area contributed by atoms with Crippen LogP contribution in [0.1, 0.15) is 48.5 Å². The zero-order valence-electron chi connectivity index (χ0n) is 19.4. The van der Waals surface area contributed by atoms with Gasteiger partial charge in [-0.3, -0.25) is 9.69 Å². The maximum Gasteiger partial charge on any atom is 0.230 e. The van der Waals surface area contributed by atoms with Gasteiger partial charge in [-0.1, -0.05) is 61.0 Å². The average molecular weight is 563 g/mol. The van der Waals surface area contributed by atoms with Crippen molar-refractivity contribution in [2.75, 3.05) is 11.1 Å². The monoisotopic (exact) mass is 561 g/mol. The minimum absolute atomic E-state index is 0.0550. The van der Waals surface area contributed by atoms with Crippen molar-refractivity contribution < 1.29 is 13.2 Å². The Labute approximate surface area is 213 Å². The average Bonchev–Trinajstić information content (AvgIpc) is 3.31. The molecule has 0 saturated heterocycles. The minimum atomic E-state index is -3.24. The summed E-state index contributed by atoms with van der Waals surface area (Å²) in [5.41, 5.74) is 3.08. The number of thiazole rings is 1. The molecule has 1 aliphatic heterocycles. The third kappa shape index (κ3) is 5.59. The molecular formula is C25H28BrN3O3S2. The highest BCUT2D eigenvalue weighted by molar-refractivity contribution is 9.10. The molecule has 34 heavy (non-hydrogen) atoms. The molecule has 0 radical (unpaired) electrons. The van der Waals surface area contributed by atoms with Crippen molar-refractivity contribution in [3.8, 4) is 0 Å². The van der Waals surface area contributed by atoms with Crippen LogP contribution in [0.5, 0.6) is 0 Å². The second kappa shape index (κ2) is 10.3. The van der Waals surface area contributed by atoms with Crippen molar-refractivity contribution in [3.63, 3.8) is 0 Å². The van der Waals surface area contributed by atoms with Gasteiger partial charge in [-0.15, -0.1) is 11.3 Å². The van der Waals surface area contributed by atoms with E-state index in [9.17, 15) is 13.2 Å². The summed E-state index contributed by atoms with van der Waals surface area (Å²) in [6.07, 6.45) is 0.167. The molecule has 0 saturated carbocycles. The van der Waals surface area contributed by atoms with Crippen LogP contribution in [-0.4, -0.2) is 30.0 Å². The van der Waals surface area contributed by atoms with Gasteiger partial charge in [0.25, 0.3) is 0 Å². The molecule has 0 bridgehead atoms. The highest BCUT2D eigenvalue weighted by Crippen LogP contribution is 2.43. The molecule has 1 unspecified atom stereocenters. The summed E-state index contributed by atoms with van der Waals surface area (Å²) in [7, 11) is -3.24. The summed E-state index contributed by atoms with van der Waals surface area (Å²) in [6.45, 7) is 7.69. The summed E-state index contributed by atoms with van der Waals surface area (Å²) in [5, 5.41) is 3.55. The fraction of sp³-hybridized carbons (Fsp3) is 0.360. The second-order valence-electron chi connectivity index (χ2n) is 8.82. The zero-order chi connectivity index (χ0) is 24.5. The van der Waals surface area contributed by atoms with Crippen molar-refractivity contribution in [2.24, 2.45) is 5.92 Å². The van der Waals surface area contributed by atoms with Gasteiger partial charge in [-0.2, -0.15) is 0 Å². The van der Waals surface area contributed by atoms with Gasteiger partial charge in [0, 0.05) is 22.4 Å². The first-order valence-electron chi connectivity index (χ1n) is 11.3. The third-order valence-corrected chi connectivity index (χ3v) is 9.20. The van der Waals surface area contributed by atoms with Crippen molar-refractivity contribution in [1.29, 1.82) is 0 Å². The number of aromatic nitrogens is 1. The Kier molecular flexibility index (Phi) is 7.57. The van der Waals surface area contributed by atoms with E-state index in [2.05, 4.69) is 64.3 Å². The molecule has 9 heteroatoms. The largest absolute Gasteiger partial charge is 0.302 e. The number of fused-ring (bicyclic) bond motifs is 1. The van der Waals surface area contributed by atoms with Gasteiger partial charge in [0.2, 0.25) is 5.91 Å². The molecule has 1 atom stereocenters. The molecule has 3 aromatic rings. The third-order valence-electron chi connectivity index (χ3n) is 5.95. The van der Waals surface area contributed by atoms with E-state index < -0.39 is 9.84 Å². The Balaban J connectivity index is 1.41. The highest BCUT2D eigenvalue weighted by Gasteiger charge is 2.36. The summed E-state index contributed by atoms with van der Waals surface area (Å²) in [6, 6.07) is 15.1. The van der Waals surface area contributed by atoms with Crippen LogP contribution in [0.2, 0.25) is 0 Å². The first-order chi connectivity index (χ1) is 16.2. The normalized spacial score (nSPS) is 16.1. The number of halogens is 1. The number of hydrogen-bond acceptors (Lipinski definition) is 6. The van der Waals surface area contributed by atoms with Gasteiger partial charge in [-0.05, 0) is 41.3 Å². The predicted octanol–water partition coefficient (Wildman–Crippen LogP) is 5.59. The van der Waals surface area contributed by atoms with Gasteiger partial charge in [0.1, 0.15) is 0 Å². The van der Waals surface area contributed by atoms with Crippen molar-refractivity contribution in [3.05, 3.63) is 74.7 Å². The molecule has 4 rings (SSSR count). The molecule has 1 aromatic heterocycles. The first kappa shape index (κ1) is 25.0. The molecule has 0 aliphatic carbocycles. The molecule has 1 aliphatic rings. The Morgan fingerprint density at radius 2 is 1.79 bits per heavy atom. The predicted molar refractivity (Wildman–Crippen MR) is 140 cm³/mol. The smallest absolute Gasteiger partial charge is 0.230 e. The van der Waals surface area contributed by atoms with E-state index in [0.29, 0.717) is 11.0 Å². The maximum atomic E-state index is 12.6. The van der Waals surface area contributed by atoms with Crippen LogP contribution in [-0.2, 0) is 34.1 Å². The number of anilines is 1. The Bertz CT molecular complexity index is 1270. The molecule has 2 heterocycles. The second-order valence-corrected chi connectivity index (χ2v) is 13.1. The van der Waals surface area contributed by atoms with Crippen LogP contribution in [0, 0.1) is 5.92 Å². The number of hydrogen-bond donors (Lipinski definition) is 1. The van der Waals surface area contributed by atoms with E-state index in [1.165, 1.54) is 21.8 Å². The van der Waals surface area contributed by atoms with Crippen LogP contribution in [0.25, 0.3) is 0 Å². The number of nitrogens with one attached hydrogen (secondary N) is 1.